The average Bonchev–Trinajstić information content (AvgIpc) is 3.44. The molecule has 0 radical (unpaired) electrons. The summed E-state index contributed by atoms with van der Waals surface area (Å²) in [6.45, 7) is 1.39. The lowest BCUT2D eigenvalue weighted by molar-refractivity contribution is 0.0682. The molecule has 236 valence electrons. The van der Waals surface area contributed by atoms with E-state index in [1.54, 1.807) is 19.2 Å². The van der Waals surface area contributed by atoms with Crippen molar-refractivity contribution in [3.05, 3.63) is 71.3 Å². The summed E-state index contributed by atoms with van der Waals surface area (Å²) in [6.07, 6.45) is 4.17. The average molecular weight is 626 g/mol. The van der Waals surface area contributed by atoms with Crippen molar-refractivity contribution in [2.24, 2.45) is 24.6 Å². The van der Waals surface area contributed by atoms with Crippen LogP contribution in [0.5, 0.6) is 5.75 Å². The second-order valence-corrected chi connectivity index (χ2v) is 12.9. The zero-order valence-electron chi connectivity index (χ0n) is 25.5. The molecule has 1 amide bonds. The Balaban J connectivity index is 1.25. The summed E-state index contributed by atoms with van der Waals surface area (Å²) in [7, 11) is 3.50. The molecule has 3 aliphatic rings. The van der Waals surface area contributed by atoms with Gasteiger partial charge >= 0.3 is 5.97 Å². The number of carboxylic acid groups (broad SMARTS) is 1. The normalized spacial score (nSPS) is 20.7. The summed E-state index contributed by atoms with van der Waals surface area (Å²) in [6, 6.07) is 13.3. The van der Waals surface area contributed by atoms with Gasteiger partial charge in [0.1, 0.15) is 28.5 Å². The Labute approximate surface area is 263 Å². The molecule has 1 aliphatic heterocycles. The number of imidazole rings is 1. The molecule has 5 aromatic rings. The number of ether oxygens (including phenoxy) is 1. The van der Waals surface area contributed by atoms with Crippen LogP contribution in [0.25, 0.3) is 44.6 Å². The number of nitrogens with zero attached hydrogens (tertiary/aromatic N) is 4. The lowest BCUT2D eigenvalue weighted by Crippen LogP contribution is -2.41. The van der Waals surface area contributed by atoms with Gasteiger partial charge in [-0.2, -0.15) is 0 Å². The molecule has 2 aliphatic carbocycles. The van der Waals surface area contributed by atoms with Crippen molar-refractivity contribution < 1.29 is 28.2 Å². The minimum atomic E-state index is -1.66. The Bertz CT molecular complexity index is 2100. The number of rotatable bonds is 7. The van der Waals surface area contributed by atoms with E-state index in [1.807, 2.05) is 40.8 Å². The number of piperidine rings is 1. The topological polar surface area (TPSA) is 116 Å². The van der Waals surface area contributed by atoms with Gasteiger partial charge in [0.05, 0.1) is 18.3 Å². The first-order valence-corrected chi connectivity index (χ1v) is 15.6. The smallest absolute Gasteiger partial charge is 0.341 e. The van der Waals surface area contributed by atoms with Crippen LogP contribution < -0.4 is 10.5 Å². The fraction of sp³-hybridized carbons (Fsp3) is 0.343. The number of aryl methyl sites for hydroxylation is 1. The van der Waals surface area contributed by atoms with Gasteiger partial charge < -0.3 is 29.6 Å². The number of fused-ring (bicyclic) bond motifs is 4. The number of halogens is 2. The quantitative estimate of drug-likeness (QED) is 0.236. The number of carbonyl (C=O) groups is 2. The number of methoxy groups -OCH3 is 1. The molecule has 0 spiro atoms. The number of amides is 1. The zero-order chi connectivity index (χ0) is 32.0. The van der Waals surface area contributed by atoms with E-state index < -0.39 is 23.2 Å². The van der Waals surface area contributed by atoms with Crippen molar-refractivity contribution in [3.63, 3.8) is 0 Å². The fourth-order valence-electron chi connectivity index (χ4n) is 7.60. The first-order valence-electron chi connectivity index (χ1n) is 15.6. The van der Waals surface area contributed by atoms with Crippen LogP contribution in [-0.2, 0) is 13.6 Å². The first kappa shape index (κ1) is 28.7. The van der Waals surface area contributed by atoms with E-state index in [4.69, 9.17) is 15.5 Å². The Kier molecular flexibility index (Phi) is 6.47. The Morgan fingerprint density at radius 2 is 1.87 bits per heavy atom. The maximum absolute atomic E-state index is 15.3. The van der Waals surface area contributed by atoms with Crippen LogP contribution in [0.1, 0.15) is 46.4 Å². The summed E-state index contributed by atoms with van der Waals surface area (Å²) in [5, 5.41) is 10.3. The summed E-state index contributed by atoms with van der Waals surface area (Å²) < 4.78 is 39.4. The van der Waals surface area contributed by atoms with Crippen LogP contribution in [0, 0.1) is 23.5 Å². The van der Waals surface area contributed by atoms with Gasteiger partial charge in [0.15, 0.2) is 5.82 Å². The molecule has 9 nitrogen and oxygen atoms in total. The second-order valence-electron chi connectivity index (χ2n) is 12.9. The van der Waals surface area contributed by atoms with E-state index in [0.717, 1.165) is 60.4 Å². The maximum Gasteiger partial charge on any atom is 0.341 e. The Morgan fingerprint density at radius 1 is 1.07 bits per heavy atom. The molecule has 2 bridgehead atoms. The molecule has 2 saturated carbocycles. The molecule has 11 heteroatoms. The van der Waals surface area contributed by atoms with Gasteiger partial charge in [-0.15, -0.1) is 0 Å². The predicted molar refractivity (Wildman–Crippen MR) is 169 cm³/mol. The molecular weight excluding hydrogens is 592 g/mol. The SMILES string of the molecule is COc1cc(C(=O)N2CC3CCC2[C@@H]3N)cc2nc(-c3cc4ccc(-c5ccc(F)c(C(=O)O)c5F)cc4n3CC3CC3)n(C)c12. The standard InChI is InChI=1S/C35H33F2N5O4/c1-40-32-24(11-21(14-28(32)46-2)34(43)42-16-20-7-10-25(42)31(20)38)39-33(40)27-13-19-6-5-18(12-26(19)41(27)15-17-3-4-17)22-8-9-23(36)29(30(22)37)35(44)45/h5-6,8-9,11-14,17,20,25,31H,3-4,7,10,15-16,38H2,1-2H3,(H,44,45)/t20?,25?,31-/m1/s1. The summed E-state index contributed by atoms with van der Waals surface area (Å²) >= 11 is 0. The highest BCUT2D eigenvalue weighted by molar-refractivity contribution is 6.01. The predicted octanol–water partition coefficient (Wildman–Crippen LogP) is 5.82. The van der Waals surface area contributed by atoms with Gasteiger partial charge in [-0.25, -0.2) is 18.6 Å². The zero-order valence-corrected chi connectivity index (χ0v) is 25.5. The monoisotopic (exact) mass is 625 g/mol. The molecule has 3 heterocycles. The number of benzene rings is 3. The van der Waals surface area contributed by atoms with E-state index in [9.17, 15) is 19.1 Å². The van der Waals surface area contributed by atoms with E-state index in [2.05, 4.69) is 4.57 Å². The van der Waals surface area contributed by atoms with Crippen molar-refractivity contribution in [1.29, 1.82) is 0 Å². The van der Waals surface area contributed by atoms with E-state index in [0.29, 0.717) is 46.6 Å². The highest BCUT2D eigenvalue weighted by Gasteiger charge is 2.47. The number of carboxylic acids is 1. The third-order valence-corrected chi connectivity index (χ3v) is 10.2. The number of carbonyl (C=O) groups excluding carboxylic acids is 1. The van der Waals surface area contributed by atoms with E-state index in [1.165, 1.54) is 6.07 Å². The molecule has 46 heavy (non-hydrogen) atoms. The van der Waals surface area contributed by atoms with Crippen molar-refractivity contribution in [1.82, 2.24) is 19.0 Å². The minimum Gasteiger partial charge on any atom is -0.494 e. The summed E-state index contributed by atoms with van der Waals surface area (Å²) in [5.74, 6) is -1.90. The molecular formula is C35H33F2N5O4. The van der Waals surface area contributed by atoms with Gasteiger partial charge in [-0.05, 0) is 79.5 Å². The fourth-order valence-corrected chi connectivity index (χ4v) is 7.60. The van der Waals surface area contributed by atoms with Crippen molar-refractivity contribution >= 4 is 33.8 Å². The maximum atomic E-state index is 15.3. The molecule has 3 N–H and O–H groups in total. The van der Waals surface area contributed by atoms with Gasteiger partial charge in [-0.3, -0.25) is 4.79 Å². The van der Waals surface area contributed by atoms with Crippen molar-refractivity contribution in [2.75, 3.05) is 13.7 Å². The third-order valence-electron chi connectivity index (χ3n) is 10.2. The van der Waals surface area contributed by atoms with Crippen LogP contribution >= 0.6 is 0 Å². The molecule has 1 saturated heterocycles. The van der Waals surface area contributed by atoms with Crippen LogP contribution in [0.2, 0.25) is 0 Å². The van der Waals surface area contributed by atoms with Crippen LogP contribution in [-0.4, -0.2) is 61.7 Å². The largest absolute Gasteiger partial charge is 0.494 e. The number of aromatic nitrogens is 3. The van der Waals surface area contributed by atoms with Crippen molar-refractivity contribution in [3.8, 4) is 28.4 Å². The third kappa shape index (κ3) is 4.32. The molecule has 3 atom stereocenters. The molecule has 2 unspecified atom stereocenters. The minimum absolute atomic E-state index is 0.0123. The lowest BCUT2D eigenvalue weighted by atomic mass is 10.0. The lowest BCUT2D eigenvalue weighted by Gasteiger charge is -2.27. The van der Waals surface area contributed by atoms with Crippen molar-refractivity contribution in [2.45, 2.75) is 44.3 Å². The summed E-state index contributed by atoms with van der Waals surface area (Å²) in [4.78, 5) is 32.2. The molecule has 2 aromatic heterocycles. The number of hydrogen-bond donors (Lipinski definition) is 2. The Morgan fingerprint density at radius 3 is 2.54 bits per heavy atom. The highest BCUT2D eigenvalue weighted by atomic mass is 19.1. The second kappa shape index (κ2) is 10.4. The van der Waals surface area contributed by atoms with Crippen LogP contribution in [0.15, 0.2) is 48.5 Å². The summed E-state index contributed by atoms with van der Waals surface area (Å²) in [5.41, 5.74) is 9.45. The van der Waals surface area contributed by atoms with Gasteiger partial charge in [-0.1, -0.05) is 12.1 Å². The molecule has 3 fully saturated rings. The van der Waals surface area contributed by atoms with Gasteiger partial charge in [0, 0.05) is 54.3 Å². The van der Waals surface area contributed by atoms with Gasteiger partial charge in [0.2, 0.25) is 0 Å². The first-order chi connectivity index (χ1) is 22.1. The van der Waals surface area contributed by atoms with Crippen LogP contribution in [0.4, 0.5) is 8.78 Å². The number of likely N-dealkylation sites (tertiary alicyclic amines) is 1. The van der Waals surface area contributed by atoms with Gasteiger partial charge in [0.25, 0.3) is 5.91 Å². The van der Waals surface area contributed by atoms with Crippen LogP contribution in [0.3, 0.4) is 0 Å². The Hall–Kier alpha value is -4.77. The molecule has 8 rings (SSSR count). The molecule has 3 aromatic carbocycles. The number of aromatic carboxylic acids is 1. The highest BCUT2D eigenvalue weighted by Crippen LogP contribution is 2.41. The van der Waals surface area contributed by atoms with E-state index in [-0.39, 0.29) is 23.6 Å². The number of hydrogen-bond acceptors (Lipinski definition) is 5. The van der Waals surface area contributed by atoms with E-state index >= 15 is 4.39 Å². The number of nitrogens with two attached hydrogens (primary N) is 1.